The molecular formula is C26H33N3O6. The summed E-state index contributed by atoms with van der Waals surface area (Å²) in [6.45, 7) is 9.48. The molecular weight excluding hydrogens is 450 g/mol. The van der Waals surface area contributed by atoms with Gasteiger partial charge >= 0.3 is 17.1 Å². The van der Waals surface area contributed by atoms with E-state index in [9.17, 15) is 19.5 Å². The summed E-state index contributed by atoms with van der Waals surface area (Å²) in [5, 5.41) is 27.1. The Morgan fingerprint density at radius 3 is 2.14 bits per heavy atom. The number of fused-ring (bicyclic) bond motifs is 1. The quantitative estimate of drug-likeness (QED) is 0.413. The van der Waals surface area contributed by atoms with Crippen molar-refractivity contribution in [3.63, 3.8) is 0 Å². The van der Waals surface area contributed by atoms with Crippen molar-refractivity contribution in [3.8, 4) is 5.75 Å². The lowest BCUT2D eigenvalue weighted by molar-refractivity contribution is 0.387. The smallest absolute Gasteiger partial charge is 0.336 e. The molecule has 35 heavy (non-hydrogen) atoms. The highest BCUT2D eigenvalue weighted by Crippen LogP contribution is 2.22. The third-order valence-electron chi connectivity index (χ3n) is 4.35. The fraction of sp³-hybridized carbons (Fsp3) is 0.192. The van der Waals surface area contributed by atoms with E-state index in [1.54, 1.807) is 12.1 Å². The van der Waals surface area contributed by atoms with Crippen LogP contribution in [0.25, 0.3) is 10.8 Å². The van der Waals surface area contributed by atoms with Crippen molar-refractivity contribution in [3.05, 3.63) is 124 Å². The summed E-state index contributed by atoms with van der Waals surface area (Å²) in [6, 6.07) is 13.3. The maximum atomic E-state index is 11.3. The van der Waals surface area contributed by atoms with Gasteiger partial charge in [0.15, 0.2) is 0 Å². The van der Waals surface area contributed by atoms with E-state index < -0.39 is 17.1 Å². The maximum absolute atomic E-state index is 11.3. The monoisotopic (exact) mass is 483 g/mol. The molecule has 0 amide bonds. The van der Waals surface area contributed by atoms with E-state index >= 15 is 0 Å². The predicted octanol–water partition coefficient (Wildman–Crippen LogP) is 3.16. The van der Waals surface area contributed by atoms with Crippen LogP contribution in [0.4, 0.5) is 0 Å². The molecule has 3 aromatic rings. The molecule has 1 aromatic heterocycles. The minimum absolute atomic E-state index is 0.0856. The van der Waals surface area contributed by atoms with Crippen LogP contribution >= 0.6 is 0 Å². The molecule has 0 saturated heterocycles. The van der Waals surface area contributed by atoms with Crippen molar-refractivity contribution < 1.29 is 15.3 Å². The van der Waals surface area contributed by atoms with Gasteiger partial charge in [-0.25, -0.2) is 23.5 Å². The molecule has 1 aliphatic carbocycles. The number of rotatable bonds is 2. The molecule has 188 valence electrons. The minimum Gasteiger partial charge on any atom is -0.512 e. The average molecular weight is 484 g/mol. The van der Waals surface area contributed by atoms with E-state index in [2.05, 4.69) is 19.7 Å². The Bertz CT molecular complexity index is 1290. The summed E-state index contributed by atoms with van der Waals surface area (Å²) >= 11 is 0. The molecule has 4 N–H and O–H groups in total. The van der Waals surface area contributed by atoms with Crippen LogP contribution in [0, 0.1) is 0 Å². The van der Waals surface area contributed by atoms with E-state index in [1.165, 1.54) is 13.1 Å². The second kappa shape index (κ2) is 17.2. The number of hydrogen-bond donors (Lipinski definition) is 4. The fourth-order valence-electron chi connectivity index (χ4n) is 2.69. The van der Waals surface area contributed by atoms with Gasteiger partial charge in [-0.2, -0.15) is 0 Å². The summed E-state index contributed by atoms with van der Waals surface area (Å²) in [4.78, 5) is 35.2. The van der Waals surface area contributed by atoms with Crippen LogP contribution in [-0.2, 0) is 13.6 Å². The molecule has 1 aliphatic rings. The van der Waals surface area contributed by atoms with Crippen molar-refractivity contribution >= 4 is 10.8 Å². The third-order valence-corrected chi connectivity index (χ3v) is 4.35. The number of phenols is 1. The minimum atomic E-state index is -0.715. The zero-order valence-corrected chi connectivity index (χ0v) is 20.1. The molecule has 0 atom stereocenters. The Kier molecular flexibility index (Phi) is 15.0. The summed E-state index contributed by atoms with van der Waals surface area (Å²) in [6.07, 6.45) is 8.85. The summed E-state index contributed by atoms with van der Waals surface area (Å²) in [5.41, 5.74) is -2.07. The van der Waals surface area contributed by atoms with Gasteiger partial charge in [-0.15, -0.1) is 19.7 Å². The number of aromatic amines is 1. The predicted molar refractivity (Wildman–Crippen MR) is 141 cm³/mol. The molecule has 0 unspecified atom stereocenters. The van der Waals surface area contributed by atoms with Crippen LogP contribution in [0.1, 0.15) is 12.8 Å². The standard InChI is InChI=1S/C10H8O.C7H9N3O3.C6H8O.C2H4.CH4O/c11-10-7-3-5-8-4-1-2-6-9(8)10;1-3-4-10-6(12)8-5(11)9(2)7(10)13;7-6-4-2-1-3-5-6;2*1-2/h1-7,11H;3H,1,4H2,2H3,(H,8,11,12);1-2,4,7H,3,5H2;1-2H2;2H,1H3. The maximum Gasteiger partial charge on any atom is 0.336 e. The van der Waals surface area contributed by atoms with Gasteiger partial charge in [0.2, 0.25) is 0 Å². The molecule has 4 rings (SSSR count). The van der Waals surface area contributed by atoms with Crippen LogP contribution in [0.3, 0.4) is 0 Å². The number of phenolic OH excluding ortho intramolecular Hbond substituents is 1. The van der Waals surface area contributed by atoms with Crippen LogP contribution in [0.2, 0.25) is 0 Å². The van der Waals surface area contributed by atoms with Crippen molar-refractivity contribution in [2.24, 2.45) is 7.05 Å². The fourth-order valence-corrected chi connectivity index (χ4v) is 2.69. The summed E-state index contributed by atoms with van der Waals surface area (Å²) < 4.78 is 1.71. The Hall–Kier alpha value is -4.37. The first-order valence-corrected chi connectivity index (χ1v) is 10.5. The lowest BCUT2D eigenvalue weighted by Gasteiger charge is -2.01. The third kappa shape index (κ3) is 9.97. The number of aromatic nitrogens is 3. The number of allylic oxidation sites excluding steroid dienone is 5. The van der Waals surface area contributed by atoms with Gasteiger partial charge in [-0.1, -0.05) is 54.6 Å². The lowest BCUT2D eigenvalue weighted by Crippen LogP contribution is -2.48. The summed E-state index contributed by atoms with van der Waals surface area (Å²) in [5.74, 6) is 0.852. The number of hydrogen-bond acceptors (Lipinski definition) is 6. The van der Waals surface area contributed by atoms with Crippen LogP contribution in [-0.4, -0.2) is 36.5 Å². The number of nitrogens with one attached hydrogen (secondary N) is 1. The molecule has 0 bridgehead atoms. The molecule has 9 nitrogen and oxygen atoms in total. The largest absolute Gasteiger partial charge is 0.512 e. The first-order chi connectivity index (χ1) is 16.8. The molecule has 0 spiro atoms. The second-order valence-electron chi connectivity index (χ2n) is 6.60. The number of H-pyrrole nitrogens is 1. The molecule has 0 aliphatic heterocycles. The van der Waals surface area contributed by atoms with E-state index in [4.69, 9.17) is 10.2 Å². The van der Waals surface area contributed by atoms with E-state index in [0.717, 1.165) is 39.9 Å². The van der Waals surface area contributed by atoms with Gasteiger partial charge in [0.25, 0.3) is 0 Å². The van der Waals surface area contributed by atoms with Gasteiger partial charge in [0, 0.05) is 26.0 Å². The topological polar surface area (TPSA) is 138 Å². The highest BCUT2D eigenvalue weighted by atomic mass is 16.3. The molecule has 0 fully saturated rings. The molecule has 0 radical (unpaired) electrons. The van der Waals surface area contributed by atoms with Gasteiger partial charge in [0.1, 0.15) is 5.75 Å². The van der Waals surface area contributed by atoms with E-state index in [0.29, 0.717) is 11.5 Å². The lowest BCUT2D eigenvalue weighted by atomic mass is 10.1. The zero-order chi connectivity index (χ0) is 26.8. The van der Waals surface area contributed by atoms with E-state index in [1.807, 2.05) is 53.5 Å². The second-order valence-corrected chi connectivity index (χ2v) is 6.60. The Labute approximate surface area is 203 Å². The Morgan fingerprint density at radius 2 is 1.63 bits per heavy atom. The van der Waals surface area contributed by atoms with Crippen LogP contribution in [0.15, 0.2) is 107 Å². The Balaban J connectivity index is 0.000000477. The molecule has 0 saturated carbocycles. The average Bonchev–Trinajstić information content (AvgIpc) is 2.89. The number of aliphatic hydroxyl groups excluding tert-OH is 2. The van der Waals surface area contributed by atoms with Gasteiger partial charge in [0.05, 0.1) is 12.3 Å². The first-order valence-electron chi connectivity index (χ1n) is 10.5. The molecule has 2 aromatic carbocycles. The van der Waals surface area contributed by atoms with Gasteiger partial charge in [-0.3, -0.25) is 4.98 Å². The normalized spacial score (nSPS) is 11.0. The van der Waals surface area contributed by atoms with Crippen molar-refractivity contribution in [2.75, 3.05) is 7.11 Å². The molecule has 1 heterocycles. The number of aliphatic hydroxyl groups is 2. The van der Waals surface area contributed by atoms with Crippen molar-refractivity contribution in [2.45, 2.75) is 19.4 Å². The van der Waals surface area contributed by atoms with Crippen LogP contribution < -0.4 is 17.1 Å². The number of benzene rings is 2. The van der Waals surface area contributed by atoms with Crippen LogP contribution in [0.5, 0.6) is 5.75 Å². The number of nitrogens with zero attached hydrogens (tertiary/aromatic N) is 2. The number of aromatic hydroxyl groups is 1. The van der Waals surface area contributed by atoms with Crippen molar-refractivity contribution in [1.29, 1.82) is 0 Å². The Morgan fingerprint density at radius 1 is 1.00 bits per heavy atom. The van der Waals surface area contributed by atoms with E-state index in [-0.39, 0.29) is 6.54 Å². The first kappa shape index (κ1) is 30.6. The van der Waals surface area contributed by atoms with Crippen molar-refractivity contribution in [1.82, 2.24) is 14.1 Å². The highest BCUT2D eigenvalue weighted by molar-refractivity contribution is 5.87. The molecule has 9 heteroatoms. The highest BCUT2D eigenvalue weighted by Gasteiger charge is 2.03. The van der Waals surface area contributed by atoms with Gasteiger partial charge in [-0.05, 0) is 23.9 Å². The SMILES string of the molecule is C=C.C=CCn1c(=O)[nH]c(=O)n(C)c1=O.CO.OC1=CC=CCC1.Oc1cccc2ccccc12. The van der Waals surface area contributed by atoms with Gasteiger partial charge < -0.3 is 15.3 Å². The zero-order valence-electron chi connectivity index (χ0n) is 20.1. The summed E-state index contributed by atoms with van der Waals surface area (Å²) in [7, 11) is 2.29.